The van der Waals surface area contributed by atoms with E-state index in [1.165, 1.54) is 0 Å². The van der Waals surface area contributed by atoms with Crippen molar-refractivity contribution in [3.63, 3.8) is 0 Å². The summed E-state index contributed by atoms with van der Waals surface area (Å²) in [7, 11) is 0. The molecule has 0 saturated heterocycles. The predicted octanol–water partition coefficient (Wildman–Crippen LogP) is 4.03. The summed E-state index contributed by atoms with van der Waals surface area (Å²) in [6, 6.07) is 13.3. The fraction of sp³-hybridized carbons (Fsp3) is 0.462. The number of benzene rings is 2. The van der Waals surface area contributed by atoms with Gasteiger partial charge in [0.2, 0.25) is 11.8 Å². The van der Waals surface area contributed by atoms with E-state index in [4.69, 9.17) is 9.47 Å². The molecule has 0 fully saturated rings. The molecule has 6 nitrogen and oxygen atoms in total. The Hall–Kier alpha value is -3.02. The van der Waals surface area contributed by atoms with E-state index in [1.807, 2.05) is 63.2 Å². The summed E-state index contributed by atoms with van der Waals surface area (Å²) in [5, 5.41) is 3.01. The Kier molecular flexibility index (Phi) is 8.14. The quantitative estimate of drug-likeness (QED) is 0.642. The predicted molar refractivity (Wildman–Crippen MR) is 125 cm³/mol. The fourth-order valence-electron chi connectivity index (χ4n) is 3.66. The van der Waals surface area contributed by atoms with Crippen molar-refractivity contribution in [2.75, 3.05) is 13.2 Å². The van der Waals surface area contributed by atoms with Crippen LogP contribution >= 0.6 is 0 Å². The van der Waals surface area contributed by atoms with Crippen molar-refractivity contribution in [3.8, 4) is 11.5 Å². The van der Waals surface area contributed by atoms with Gasteiger partial charge < -0.3 is 19.7 Å². The fourth-order valence-corrected chi connectivity index (χ4v) is 3.66. The topological polar surface area (TPSA) is 67.9 Å². The van der Waals surface area contributed by atoms with E-state index < -0.39 is 6.04 Å². The second-order valence-corrected chi connectivity index (χ2v) is 8.42. The molecule has 1 N–H and O–H groups in total. The SMILES string of the molecule is CCC(C)NC(=O)C(C)N(Cc1ccccc1C)C(=O)CCc1ccc2c(c1)OCCO2. The molecule has 3 rings (SSSR count). The highest BCUT2D eigenvalue weighted by Crippen LogP contribution is 2.31. The number of hydrogen-bond donors (Lipinski definition) is 1. The Morgan fingerprint density at radius 2 is 1.78 bits per heavy atom. The van der Waals surface area contributed by atoms with Gasteiger partial charge in [0.1, 0.15) is 19.3 Å². The summed E-state index contributed by atoms with van der Waals surface area (Å²) in [4.78, 5) is 27.8. The van der Waals surface area contributed by atoms with Gasteiger partial charge in [0.05, 0.1) is 0 Å². The first-order valence-electron chi connectivity index (χ1n) is 11.4. The summed E-state index contributed by atoms with van der Waals surface area (Å²) in [5.41, 5.74) is 3.16. The van der Waals surface area contributed by atoms with Crippen LogP contribution in [0.5, 0.6) is 11.5 Å². The molecule has 2 aromatic rings. The number of fused-ring (bicyclic) bond motifs is 1. The Morgan fingerprint density at radius 1 is 1.06 bits per heavy atom. The van der Waals surface area contributed by atoms with Crippen LogP contribution in [-0.4, -0.2) is 42.0 Å². The van der Waals surface area contributed by atoms with Crippen LogP contribution in [-0.2, 0) is 22.6 Å². The van der Waals surface area contributed by atoms with Crippen LogP contribution in [0.2, 0.25) is 0 Å². The average Bonchev–Trinajstić information content (AvgIpc) is 2.81. The zero-order chi connectivity index (χ0) is 23.1. The number of hydrogen-bond acceptors (Lipinski definition) is 4. The van der Waals surface area contributed by atoms with Crippen molar-refractivity contribution in [1.29, 1.82) is 0 Å². The van der Waals surface area contributed by atoms with E-state index in [1.54, 1.807) is 11.8 Å². The molecule has 32 heavy (non-hydrogen) atoms. The average molecular weight is 439 g/mol. The van der Waals surface area contributed by atoms with Gasteiger partial charge >= 0.3 is 0 Å². The van der Waals surface area contributed by atoms with Crippen LogP contribution in [0.15, 0.2) is 42.5 Å². The summed E-state index contributed by atoms with van der Waals surface area (Å²) in [6.07, 6.45) is 1.72. The normalized spacial score (nSPS) is 14.4. The third-order valence-electron chi connectivity index (χ3n) is 6.00. The summed E-state index contributed by atoms with van der Waals surface area (Å²) in [6.45, 7) is 9.31. The lowest BCUT2D eigenvalue weighted by Gasteiger charge is -2.30. The van der Waals surface area contributed by atoms with Gasteiger partial charge in [-0.15, -0.1) is 0 Å². The molecule has 0 aromatic heterocycles. The number of nitrogens with one attached hydrogen (secondary N) is 1. The molecule has 172 valence electrons. The lowest BCUT2D eigenvalue weighted by Crippen LogP contribution is -2.49. The number of rotatable bonds is 9. The zero-order valence-corrected chi connectivity index (χ0v) is 19.5. The highest BCUT2D eigenvalue weighted by atomic mass is 16.6. The van der Waals surface area contributed by atoms with Gasteiger partial charge in [0, 0.05) is 19.0 Å². The molecular weight excluding hydrogens is 404 g/mol. The Balaban J connectivity index is 1.73. The van der Waals surface area contributed by atoms with E-state index >= 15 is 0 Å². The maximum absolute atomic E-state index is 13.3. The minimum atomic E-state index is -0.559. The molecule has 1 aliphatic heterocycles. The molecule has 1 heterocycles. The number of carbonyl (C=O) groups is 2. The van der Waals surface area contributed by atoms with Gasteiger partial charge in [-0.25, -0.2) is 0 Å². The number of aryl methyl sites for hydroxylation is 2. The van der Waals surface area contributed by atoms with Gasteiger partial charge in [-0.05, 0) is 62.4 Å². The van der Waals surface area contributed by atoms with Crippen LogP contribution in [0.1, 0.15) is 50.3 Å². The summed E-state index contributed by atoms with van der Waals surface area (Å²) >= 11 is 0. The van der Waals surface area contributed by atoms with Gasteiger partial charge in [-0.2, -0.15) is 0 Å². The maximum atomic E-state index is 13.3. The molecule has 6 heteroatoms. The second-order valence-electron chi connectivity index (χ2n) is 8.42. The third-order valence-corrected chi connectivity index (χ3v) is 6.00. The van der Waals surface area contributed by atoms with Crippen LogP contribution in [0.3, 0.4) is 0 Å². The molecule has 0 saturated carbocycles. The Labute approximate surface area is 190 Å². The van der Waals surface area contributed by atoms with Gasteiger partial charge in [0.25, 0.3) is 0 Å². The first-order chi connectivity index (χ1) is 15.4. The number of amides is 2. The minimum Gasteiger partial charge on any atom is -0.486 e. The second kappa shape index (κ2) is 11.0. The van der Waals surface area contributed by atoms with Crippen LogP contribution < -0.4 is 14.8 Å². The van der Waals surface area contributed by atoms with Gasteiger partial charge in [-0.1, -0.05) is 37.3 Å². The van der Waals surface area contributed by atoms with Crippen LogP contribution in [0.25, 0.3) is 0 Å². The summed E-state index contributed by atoms with van der Waals surface area (Å²) < 4.78 is 11.2. The third kappa shape index (κ3) is 6.02. The van der Waals surface area contributed by atoms with Crippen LogP contribution in [0, 0.1) is 6.92 Å². The molecule has 0 bridgehead atoms. The van der Waals surface area contributed by atoms with E-state index in [2.05, 4.69) is 5.32 Å². The highest BCUT2D eigenvalue weighted by Gasteiger charge is 2.27. The number of nitrogens with zero attached hydrogens (tertiary/aromatic N) is 1. The van der Waals surface area contributed by atoms with Crippen LogP contribution in [0.4, 0.5) is 0 Å². The lowest BCUT2D eigenvalue weighted by atomic mass is 10.0. The van der Waals surface area contributed by atoms with Gasteiger partial charge in [0.15, 0.2) is 11.5 Å². The van der Waals surface area contributed by atoms with E-state index in [0.717, 1.165) is 34.6 Å². The van der Waals surface area contributed by atoms with Crippen molar-refractivity contribution < 1.29 is 19.1 Å². The molecular formula is C26H34N2O4. The summed E-state index contributed by atoms with van der Waals surface area (Å²) in [5.74, 6) is 1.29. The van der Waals surface area contributed by atoms with Gasteiger partial charge in [-0.3, -0.25) is 9.59 Å². The van der Waals surface area contributed by atoms with Crippen molar-refractivity contribution in [2.45, 2.75) is 65.6 Å². The first kappa shape index (κ1) is 23.6. The molecule has 0 spiro atoms. The number of carbonyl (C=O) groups excluding carboxylic acids is 2. The minimum absolute atomic E-state index is 0.0463. The van der Waals surface area contributed by atoms with Crippen molar-refractivity contribution in [2.24, 2.45) is 0 Å². The molecule has 1 aliphatic rings. The largest absolute Gasteiger partial charge is 0.486 e. The van der Waals surface area contributed by atoms with Crippen molar-refractivity contribution in [1.82, 2.24) is 10.2 Å². The molecule has 2 aromatic carbocycles. The number of ether oxygens (including phenoxy) is 2. The molecule has 0 aliphatic carbocycles. The smallest absolute Gasteiger partial charge is 0.242 e. The van der Waals surface area contributed by atoms with E-state index in [9.17, 15) is 9.59 Å². The molecule has 0 radical (unpaired) electrons. The van der Waals surface area contributed by atoms with E-state index in [-0.39, 0.29) is 17.9 Å². The highest BCUT2D eigenvalue weighted by molar-refractivity contribution is 5.87. The maximum Gasteiger partial charge on any atom is 0.242 e. The zero-order valence-electron chi connectivity index (χ0n) is 19.5. The Morgan fingerprint density at radius 3 is 2.50 bits per heavy atom. The first-order valence-corrected chi connectivity index (χ1v) is 11.4. The molecule has 2 atom stereocenters. The standard InChI is InChI=1S/C26H34N2O4/c1-5-19(3)27-26(30)20(4)28(17-22-9-7-6-8-18(22)2)25(29)13-11-21-10-12-23-24(16-21)32-15-14-31-23/h6-10,12,16,19-20H,5,11,13-15,17H2,1-4H3,(H,27,30). The van der Waals surface area contributed by atoms with Crippen molar-refractivity contribution >= 4 is 11.8 Å². The lowest BCUT2D eigenvalue weighted by molar-refractivity contribution is -0.140. The van der Waals surface area contributed by atoms with Crippen molar-refractivity contribution in [3.05, 3.63) is 59.2 Å². The van der Waals surface area contributed by atoms with E-state index in [0.29, 0.717) is 32.6 Å². The Bertz CT molecular complexity index is 943. The monoisotopic (exact) mass is 438 g/mol. The molecule has 2 unspecified atom stereocenters. The molecule has 2 amide bonds.